The molecule has 0 spiro atoms. The van der Waals surface area contributed by atoms with E-state index in [-0.39, 0.29) is 0 Å². The average molecular weight is 246 g/mol. The number of hydrogen-bond acceptors (Lipinski definition) is 6. The van der Waals surface area contributed by atoms with Crippen LogP contribution in [0.3, 0.4) is 0 Å². The Balaban J connectivity index is 2.60. The molecule has 1 aromatic carbocycles. The fraction of sp³-hybridized carbons (Fsp3) is 0.250. The topological polar surface area (TPSA) is 83.2 Å². The van der Waals surface area contributed by atoms with Crippen molar-refractivity contribution in [2.45, 2.75) is 6.92 Å². The molecule has 0 bridgehead atoms. The Kier molecular flexibility index (Phi) is 3.27. The van der Waals surface area contributed by atoms with Crippen LogP contribution in [-0.4, -0.2) is 29.4 Å². The largest absolute Gasteiger partial charge is 0.497 e. The second kappa shape index (κ2) is 4.87. The Bertz CT molecular complexity index is 572. The summed E-state index contributed by atoms with van der Waals surface area (Å²) in [5, 5.41) is 7.97. The second-order valence-corrected chi connectivity index (χ2v) is 3.66. The summed E-state index contributed by atoms with van der Waals surface area (Å²) in [5.74, 6) is 2.17. The van der Waals surface area contributed by atoms with Crippen LogP contribution < -0.4 is 15.2 Å². The predicted molar refractivity (Wildman–Crippen MR) is 67.5 cm³/mol. The standard InChI is InChI=1S/C12H14N4O2/c1-7-14-12(13)11(16-15-7)9-6-8(17-2)4-5-10(9)18-3/h4-6H,1-3H3,(H2,13,14,15). The number of nitrogen functional groups attached to an aromatic ring is 1. The van der Waals surface area contributed by atoms with E-state index >= 15 is 0 Å². The normalized spacial score (nSPS) is 10.2. The first-order chi connectivity index (χ1) is 8.65. The van der Waals surface area contributed by atoms with Crippen molar-refractivity contribution in [1.29, 1.82) is 0 Å². The van der Waals surface area contributed by atoms with E-state index in [2.05, 4.69) is 15.2 Å². The van der Waals surface area contributed by atoms with Crippen LogP contribution >= 0.6 is 0 Å². The van der Waals surface area contributed by atoms with Gasteiger partial charge in [-0.05, 0) is 25.1 Å². The van der Waals surface area contributed by atoms with Gasteiger partial charge in [-0.1, -0.05) is 0 Å². The first-order valence-corrected chi connectivity index (χ1v) is 5.35. The Morgan fingerprint density at radius 2 is 1.89 bits per heavy atom. The number of rotatable bonds is 3. The minimum atomic E-state index is 0.314. The molecule has 2 N–H and O–H groups in total. The van der Waals surface area contributed by atoms with E-state index in [0.717, 1.165) is 0 Å². The van der Waals surface area contributed by atoms with Crippen molar-refractivity contribution in [3.05, 3.63) is 24.0 Å². The van der Waals surface area contributed by atoms with Gasteiger partial charge in [0.15, 0.2) is 5.82 Å². The van der Waals surface area contributed by atoms with Gasteiger partial charge in [0.2, 0.25) is 0 Å². The highest BCUT2D eigenvalue weighted by Crippen LogP contribution is 2.34. The van der Waals surface area contributed by atoms with Gasteiger partial charge in [0.1, 0.15) is 23.0 Å². The molecule has 18 heavy (non-hydrogen) atoms. The highest BCUT2D eigenvalue weighted by Gasteiger charge is 2.13. The molecule has 6 nitrogen and oxygen atoms in total. The van der Waals surface area contributed by atoms with E-state index in [0.29, 0.717) is 34.4 Å². The van der Waals surface area contributed by atoms with E-state index in [1.54, 1.807) is 39.3 Å². The lowest BCUT2D eigenvalue weighted by molar-refractivity contribution is 0.404. The molecule has 0 fully saturated rings. The molecule has 0 saturated carbocycles. The molecule has 0 amide bonds. The Morgan fingerprint density at radius 1 is 1.11 bits per heavy atom. The van der Waals surface area contributed by atoms with Crippen LogP contribution in [0.25, 0.3) is 11.3 Å². The van der Waals surface area contributed by atoms with Crippen LogP contribution in [0.1, 0.15) is 5.82 Å². The van der Waals surface area contributed by atoms with E-state index in [4.69, 9.17) is 15.2 Å². The van der Waals surface area contributed by atoms with Gasteiger partial charge in [-0.15, -0.1) is 10.2 Å². The summed E-state index contributed by atoms with van der Waals surface area (Å²) in [4.78, 5) is 4.09. The fourth-order valence-corrected chi connectivity index (χ4v) is 1.61. The van der Waals surface area contributed by atoms with Gasteiger partial charge in [0, 0.05) is 0 Å². The molecule has 2 rings (SSSR count). The molecule has 1 aromatic heterocycles. The van der Waals surface area contributed by atoms with Gasteiger partial charge in [-0.25, -0.2) is 4.98 Å². The smallest absolute Gasteiger partial charge is 0.154 e. The molecule has 0 atom stereocenters. The van der Waals surface area contributed by atoms with Crippen molar-refractivity contribution in [2.24, 2.45) is 0 Å². The Labute approximate surface area is 105 Å². The molecule has 6 heteroatoms. The number of methoxy groups -OCH3 is 2. The van der Waals surface area contributed by atoms with E-state index in [9.17, 15) is 0 Å². The monoisotopic (exact) mass is 246 g/mol. The highest BCUT2D eigenvalue weighted by atomic mass is 16.5. The first-order valence-electron chi connectivity index (χ1n) is 5.35. The average Bonchev–Trinajstić information content (AvgIpc) is 2.38. The molecule has 1 heterocycles. The number of anilines is 1. The summed E-state index contributed by atoms with van der Waals surface area (Å²) in [6.45, 7) is 1.73. The number of benzene rings is 1. The third kappa shape index (κ3) is 2.17. The molecule has 94 valence electrons. The van der Waals surface area contributed by atoms with Crippen molar-refractivity contribution in [1.82, 2.24) is 15.2 Å². The lowest BCUT2D eigenvalue weighted by Crippen LogP contribution is -2.03. The zero-order chi connectivity index (χ0) is 13.1. The van der Waals surface area contributed by atoms with Crippen molar-refractivity contribution >= 4 is 5.82 Å². The number of nitrogens with zero attached hydrogens (tertiary/aromatic N) is 3. The van der Waals surface area contributed by atoms with Crippen LogP contribution in [0.2, 0.25) is 0 Å². The van der Waals surface area contributed by atoms with Gasteiger partial charge in [0.25, 0.3) is 0 Å². The lowest BCUT2D eigenvalue weighted by Gasteiger charge is -2.10. The zero-order valence-electron chi connectivity index (χ0n) is 10.5. The van der Waals surface area contributed by atoms with Gasteiger partial charge < -0.3 is 15.2 Å². The minimum absolute atomic E-state index is 0.314. The highest BCUT2D eigenvalue weighted by molar-refractivity contribution is 5.75. The summed E-state index contributed by atoms with van der Waals surface area (Å²) in [6.07, 6.45) is 0. The van der Waals surface area contributed by atoms with Crippen molar-refractivity contribution in [2.75, 3.05) is 20.0 Å². The molecule has 0 saturated heterocycles. The molecular weight excluding hydrogens is 232 g/mol. The van der Waals surface area contributed by atoms with Crippen LogP contribution in [0.15, 0.2) is 18.2 Å². The number of hydrogen-bond donors (Lipinski definition) is 1. The SMILES string of the molecule is COc1ccc(OC)c(-c2nnc(C)nc2N)c1. The second-order valence-electron chi connectivity index (χ2n) is 3.66. The quantitative estimate of drug-likeness (QED) is 0.882. The van der Waals surface area contributed by atoms with E-state index in [1.807, 2.05) is 0 Å². The molecule has 0 radical (unpaired) electrons. The van der Waals surface area contributed by atoms with Crippen molar-refractivity contribution in [3.8, 4) is 22.8 Å². The summed E-state index contributed by atoms with van der Waals surface area (Å²) in [5.41, 5.74) is 7.04. The van der Waals surface area contributed by atoms with Crippen LogP contribution in [-0.2, 0) is 0 Å². The number of aryl methyl sites for hydroxylation is 1. The lowest BCUT2D eigenvalue weighted by atomic mass is 10.1. The van der Waals surface area contributed by atoms with Gasteiger partial charge in [0.05, 0.1) is 19.8 Å². The number of aromatic nitrogens is 3. The molecular formula is C12H14N4O2. The minimum Gasteiger partial charge on any atom is -0.497 e. The third-order valence-electron chi connectivity index (χ3n) is 2.48. The molecule has 0 aliphatic carbocycles. The maximum atomic E-state index is 5.86. The maximum Gasteiger partial charge on any atom is 0.154 e. The van der Waals surface area contributed by atoms with E-state index in [1.165, 1.54) is 0 Å². The number of nitrogens with two attached hydrogens (primary N) is 1. The first kappa shape index (κ1) is 12.1. The summed E-state index contributed by atoms with van der Waals surface area (Å²) in [7, 11) is 3.17. The summed E-state index contributed by atoms with van der Waals surface area (Å²) >= 11 is 0. The maximum absolute atomic E-state index is 5.86. The number of ether oxygens (including phenoxy) is 2. The van der Waals surface area contributed by atoms with Gasteiger partial charge in [-0.2, -0.15) is 0 Å². The summed E-state index contributed by atoms with van der Waals surface area (Å²) in [6, 6.07) is 5.37. The molecule has 0 unspecified atom stereocenters. The van der Waals surface area contributed by atoms with Crippen LogP contribution in [0.5, 0.6) is 11.5 Å². The zero-order valence-corrected chi connectivity index (χ0v) is 10.5. The fourth-order valence-electron chi connectivity index (χ4n) is 1.61. The Hall–Kier alpha value is -2.37. The van der Waals surface area contributed by atoms with Crippen molar-refractivity contribution in [3.63, 3.8) is 0 Å². The van der Waals surface area contributed by atoms with Crippen molar-refractivity contribution < 1.29 is 9.47 Å². The van der Waals surface area contributed by atoms with Crippen LogP contribution in [0, 0.1) is 6.92 Å². The van der Waals surface area contributed by atoms with Gasteiger partial charge >= 0.3 is 0 Å². The molecule has 2 aromatic rings. The predicted octanol–water partition coefficient (Wildman–Crippen LogP) is 1.45. The molecule has 0 aliphatic heterocycles. The third-order valence-corrected chi connectivity index (χ3v) is 2.48. The van der Waals surface area contributed by atoms with E-state index < -0.39 is 0 Å². The Morgan fingerprint density at radius 3 is 2.50 bits per heavy atom. The molecule has 0 aliphatic rings. The summed E-state index contributed by atoms with van der Waals surface area (Å²) < 4.78 is 10.5. The van der Waals surface area contributed by atoms with Crippen LogP contribution in [0.4, 0.5) is 5.82 Å². The van der Waals surface area contributed by atoms with Gasteiger partial charge in [-0.3, -0.25) is 0 Å².